The number of methoxy groups -OCH3 is 1. The predicted molar refractivity (Wildman–Crippen MR) is 113 cm³/mol. The number of esters is 1. The highest BCUT2D eigenvalue weighted by Crippen LogP contribution is 2.44. The van der Waals surface area contributed by atoms with Crippen LogP contribution < -0.4 is 0 Å². The molecule has 0 aromatic carbocycles. The van der Waals surface area contributed by atoms with Crippen LogP contribution in [0.2, 0.25) is 0 Å². The Morgan fingerprint density at radius 2 is 2.00 bits per heavy atom. The van der Waals surface area contributed by atoms with E-state index in [0.29, 0.717) is 24.5 Å². The standard InChI is InChI=1S/C22H38O5S/c1-3-11-22(26,16-9-10-16)12-6-8-18-17(19(23)14-20(18)24)7-4-5-13-28-15-21(25)27-2/h6,8,16-20,23-24,26H,3-5,7,9-15H2,1-2H3/t17-,18-,19+,20-,22?/m1/s1. The molecular weight excluding hydrogens is 376 g/mol. The first-order valence-corrected chi connectivity index (χ1v) is 12.0. The highest BCUT2D eigenvalue weighted by Gasteiger charge is 2.43. The van der Waals surface area contributed by atoms with Crippen LogP contribution in [0, 0.1) is 17.8 Å². The lowest BCUT2D eigenvalue weighted by Gasteiger charge is -2.27. The Balaban J connectivity index is 1.78. The maximum atomic E-state index is 11.1. The Kier molecular flexibility index (Phi) is 9.81. The number of carbonyl (C=O) groups is 1. The summed E-state index contributed by atoms with van der Waals surface area (Å²) in [4.78, 5) is 11.1. The molecule has 0 aromatic heterocycles. The first-order chi connectivity index (χ1) is 13.4. The Bertz CT molecular complexity index is 507. The molecule has 0 bridgehead atoms. The van der Waals surface area contributed by atoms with Crippen molar-refractivity contribution in [2.45, 2.75) is 82.5 Å². The smallest absolute Gasteiger partial charge is 0.315 e. The highest BCUT2D eigenvalue weighted by molar-refractivity contribution is 7.99. The van der Waals surface area contributed by atoms with Gasteiger partial charge in [0.05, 0.1) is 30.7 Å². The molecule has 5 atom stereocenters. The maximum absolute atomic E-state index is 11.1. The van der Waals surface area contributed by atoms with Gasteiger partial charge in [-0.05, 0) is 56.1 Å². The molecule has 3 N–H and O–H groups in total. The van der Waals surface area contributed by atoms with Gasteiger partial charge in [0, 0.05) is 12.3 Å². The summed E-state index contributed by atoms with van der Waals surface area (Å²) in [6.45, 7) is 2.10. The number of aliphatic hydroxyl groups excluding tert-OH is 2. The number of carbonyl (C=O) groups excluding carboxylic acids is 1. The van der Waals surface area contributed by atoms with Crippen molar-refractivity contribution < 1.29 is 24.9 Å². The fourth-order valence-electron chi connectivity index (χ4n) is 4.53. The lowest BCUT2D eigenvalue weighted by molar-refractivity contribution is -0.137. The molecule has 0 spiro atoms. The molecule has 2 aliphatic carbocycles. The van der Waals surface area contributed by atoms with Gasteiger partial charge in [0.2, 0.25) is 0 Å². The van der Waals surface area contributed by atoms with Crippen LogP contribution in [0.5, 0.6) is 0 Å². The van der Waals surface area contributed by atoms with E-state index in [1.807, 2.05) is 12.2 Å². The van der Waals surface area contributed by atoms with Crippen LogP contribution in [0.4, 0.5) is 0 Å². The first-order valence-electron chi connectivity index (χ1n) is 10.8. The van der Waals surface area contributed by atoms with Gasteiger partial charge in [0.15, 0.2) is 0 Å². The monoisotopic (exact) mass is 414 g/mol. The van der Waals surface area contributed by atoms with Crippen LogP contribution in [0.1, 0.15) is 64.7 Å². The SMILES string of the molecule is CCCC(O)(CC=C[C@@H]1[C@@H](CCCCSCC(=O)OC)[C@@H](O)C[C@H]1O)C1CC1. The molecule has 162 valence electrons. The predicted octanol–water partition coefficient (Wildman–Crippen LogP) is 3.31. The highest BCUT2D eigenvalue weighted by atomic mass is 32.2. The van der Waals surface area contributed by atoms with E-state index in [-0.39, 0.29) is 17.8 Å². The van der Waals surface area contributed by atoms with Gasteiger partial charge in [-0.1, -0.05) is 31.9 Å². The third kappa shape index (κ3) is 7.05. The Morgan fingerprint density at radius 3 is 2.64 bits per heavy atom. The minimum atomic E-state index is -0.597. The molecule has 2 fully saturated rings. The van der Waals surface area contributed by atoms with Gasteiger partial charge in [-0.25, -0.2) is 0 Å². The molecule has 0 aromatic rings. The van der Waals surface area contributed by atoms with E-state index in [2.05, 4.69) is 11.7 Å². The number of ether oxygens (including phenoxy) is 1. The number of thioether (sulfide) groups is 1. The van der Waals surface area contributed by atoms with E-state index < -0.39 is 17.8 Å². The summed E-state index contributed by atoms with van der Waals surface area (Å²) in [6.07, 6.45) is 11.0. The van der Waals surface area contributed by atoms with Crippen LogP contribution in [-0.4, -0.2) is 57.7 Å². The number of unbranched alkanes of at least 4 members (excludes halogenated alkanes) is 1. The normalized spacial score (nSPS) is 29.9. The molecule has 2 saturated carbocycles. The van der Waals surface area contributed by atoms with E-state index in [4.69, 9.17) is 0 Å². The Morgan fingerprint density at radius 1 is 1.25 bits per heavy atom. The van der Waals surface area contributed by atoms with Crippen LogP contribution >= 0.6 is 11.8 Å². The number of aliphatic hydroxyl groups is 3. The van der Waals surface area contributed by atoms with Crippen molar-refractivity contribution in [3.63, 3.8) is 0 Å². The zero-order valence-corrected chi connectivity index (χ0v) is 18.2. The summed E-state index contributed by atoms with van der Waals surface area (Å²) in [7, 11) is 1.40. The van der Waals surface area contributed by atoms with Crippen molar-refractivity contribution in [3.05, 3.63) is 12.2 Å². The average molecular weight is 415 g/mol. The molecule has 2 aliphatic rings. The molecule has 6 heteroatoms. The molecule has 0 amide bonds. The molecule has 0 aliphatic heterocycles. The van der Waals surface area contributed by atoms with Crippen LogP contribution in [0.15, 0.2) is 12.2 Å². The van der Waals surface area contributed by atoms with Gasteiger partial charge < -0.3 is 20.1 Å². The van der Waals surface area contributed by atoms with Crippen molar-refractivity contribution in [2.75, 3.05) is 18.6 Å². The molecule has 0 heterocycles. The lowest BCUT2D eigenvalue weighted by Crippen LogP contribution is -2.30. The van der Waals surface area contributed by atoms with Gasteiger partial charge in [0.25, 0.3) is 0 Å². The second kappa shape index (κ2) is 11.6. The third-order valence-electron chi connectivity index (χ3n) is 6.29. The first kappa shape index (κ1) is 23.7. The summed E-state index contributed by atoms with van der Waals surface area (Å²) >= 11 is 1.57. The van der Waals surface area contributed by atoms with Crippen molar-refractivity contribution in [1.29, 1.82) is 0 Å². The van der Waals surface area contributed by atoms with Gasteiger partial charge in [-0.3, -0.25) is 4.79 Å². The van der Waals surface area contributed by atoms with E-state index in [1.165, 1.54) is 7.11 Å². The molecule has 5 nitrogen and oxygen atoms in total. The van der Waals surface area contributed by atoms with Crippen molar-refractivity contribution >= 4 is 17.7 Å². The molecule has 0 radical (unpaired) electrons. The van der Waals surface area contributed by atoms with Gasteiger partial charge in [-0.2, -0.15) is 11.8 Å². The van der Waals surface area contributed by atoms with Gasteiger partial charge >= 0.3 is 5.97 Å². The minimum absolute atomic E-state index is 0.0391. The van der Waals surface area contributed by atoms with E-state index >= 15 is 0 Å². The van der Waals surface area contributed by atoms with E-state index in [1.54, 1.807) is 11.8 Å². The summed E-state index contributed by atoms with van der Waals surface area (Å²) in [5, 5.41) is 31.6. The van der Waals surface area contributed by atoms with Gasteiger partial charge in [0.1, 0.15) is 0 Å². The average Bonchev–Trinajstić information content (AvgIpc) is 3.47. The zero-order chi connectivity index (χ0) is 20.6. The molecule has 1 unspecified atom stereocenters. The van der Waals surface area contributed by atoms with Crippen LogP contribution in [-0.2, 0) is 9.53 Å². The fraction of sp³-hybridized carbons (Fsp3) is 0.864. The second-order valence-corrected chi connectivity index (χ2v) is 9.60. The van der Waals surface area contributed by atoms with Crippen molar-refractivity contribution in [3.8, 4) is 0 Å². The Hall–Kier alpha value is -0.560. The lowest BCUT2D eigenvalue weighted by atomic mass is 9.85. The molecule has 2 rings (SSSR count). The quantitative estimate of drug-likeness (QED) is 0.243. The topological polar surface area (TPSA) is 87.0 Å². The fourth-order valence-corrected chi connectivity index (χ4v) is 5.37. The second-order valence-electron chi connectivity index (χ2n) is 8.50. The third-order valence-corrected chi connectivity index (χ3v) is 7.31. The van der Waals surface area contributed by atoms with Crippen molar-refractivity contribution in [1.82, 2.24) is 0 Å². The largest absolute Gasteiger partial charge is 0.468 e. The number of rotatable bonds is 13. The molecular formula is C22H38O5S. The van der Waals surface area contributed by atoms with Crippen LogP contribution in [0.25, 0.3) is 0 Å². The maximum Gasteiger partial charge on any atom is 0.315 e. The van der Waals surface area contributed by atoms with Crippen molar-refractivity contribution in [2.24, 2.45) is 17.8 Å². The van der Waals surface area contributed by atoms with Gasteiger partial charge in [-0.15, -0.1) is 0 Å². The zero-order valence-electron chi connectivity index (χ0n) is 17.4. The minimum Gasteiger partial charge on any atom is -0.468 e. The number of hydrogen-bond acceptors (Lipinski definition) is 6. The molecule has 0 saturated heterocycles. The summed E-state index contributed by atoms with van der Waals surface area (Å²) in [5.74, 6) is 1.54. The number of hydrogen-bond donors (Lipinski definition) is 3. The molecule has 28 heavy (non-hydrogen) atoms. The summed E-state index contributed by atoms with van der Waals surface area (Å²) in [6, 6.07) is 0. The summed E-state index contributed by atoms with van der Waals surface area (Å²) < 4.78 is 4.63. The van der Waals surface area contributed by atoms with E-state index in [9.17, 15) is 20.1 Å². The van der Waals surface area contributed by atoms with E-state index in [0.717, 1.165) is 50.7 Å². The van der Waals surface area contributed by atoms with Crippen LogP contribution in [0.3, 0.4) is 0 Å². The Labute approximate surface area is 173 Å². The summed E-state index contributed by atoms with van der Waals surface area (Å²) in [5.41, 5.74) is -0.597.